The highest BCUT2D eigenvalue weighted by Crippen LogP contribution is 2.19. The number of hydrogen-bond donors (Lipinski definition) is 1. The van der Waals surface area contributed by atoms with Crippen LogP contribution in [0.5, 0.6) is 0 Å². The molecule has 2 atom stereocenters. The maximum atomic E-state index is 12.8. The molecule has 3 heteroatoms. The van der Waals surface area contributed by atoms with Gasteiger partial charge in [-0.05, 0) is 37.6 Å². The summed E-state index contributed by atoms with van der Waals surface area (Å²) < 4.78 is 18.3. The molecule has 0 spiro atoms. The number of ether oxygens (including phenoxy) is 1. The van der Waals surface area contributed by atoms with Gasteiger partial charge in [-0.25, -0.2) is 4.39 Å². The van der Waals surface area contributed by atoms with E-state index >= 15 is 0 Å². The summed E-state index contributed by atoms with van der Waals surface area (Å²) in [7, 11) is 1.99. The van der Waals surface area contributed by atoms with Gasteiger partial charge in [0.2, 0.25) is 0 Å². The van der Waals surface area contributed by atoms with Crippen LogP contribution in [0.1, 0.15) is 12.0 Å². The number of rotatable bonds is 3. The fraction of sp³-hybridized carbons (Fsp3) is 0.538. The van der Waals surface area contributed by atoms with Crippen molar-refractivity contribution in [3.63, 3.8) is 0 Å². The Labute approximate surface area is 95.8 Å². The minimum absolute atomic E-state index is 0.172. The molecule has 0 amide bonds. The molecule has 0 aromatic heterocycles. The average Bonchev–Trinajstić information content (AvgIpc) is 2.33. The third-order valence-corrected chi connectivity index (χ3v) is 3.26. The lowest BCUT2D eigenvalue weighted by Crippen LogP contribution is -2.41. The normalized spacial score (nSPS) is 25.6. The minimum Gasteiger partial charge on any atom is -0.381 e. The number of benzene rings is 1. The zero-order valence-corrected chi connectivity index (χ0v) is 9.58. The number of hydrogen-bond acceptors (Lipinski definition) is 2. The van der Waals surface area contributed by atoms with Crippen molar-refractivity contribution in [3.8, 4) is 0 Å². The van der Waals surface area contributed by atoms with Crippen LogP contribution in [0.15, 0.2) is 24.3 Å². The molecule has 0 saturated carbocycles. The fourth-order valence-electron chi connectivity index (χ4n) is 2.30. The Bertz CT molecular complexity index is 325. The molecule has 1 saturated heterocycles. The second kappa shape index (κ2) is 5.41. The van der Waals surface area contributed by atoms with Gasteiger partial charge in [-0.15, -0.1) is 0 Å². The lowest BCUT2D eigenvalue weighted by Gasteiger charge is -2.31. The van der Waals surface area contributed by atoms with Gasteiger partial charge in [-0.1, -0.05) is 12.1 Å². The number of nitrogens with one attached hydrogen (secondary N) is 1. The maximum Gasteiger partial charge on any atom is 0.123 e. The minimum atomic E-state index is -0.172. The second-order valence-corrected chi connectivity index (χ2v) is 4.35. The first kappa shape index (κ1) is 11.6. The molecule has 0 unspecified atom stereocenters. The molecule has 0 bridgehead atoms. The Morgan fingerprint density at radius 1 is 1.38 bits per heavy atom. The Kier molecular flexibility index (Phi) is 3.91. The molecule has 1 fully saturated rings. The zero-order chi connectivity index (χ0) is 11.4. The summed E-state index contributed by atoms with van der Waals surface area (Å²) in [6.07, 6.45) is 2.01. The molecule has 1 aromatic rings. The second-order valence-electron chi connectivity index (χ2n) is 4.35. The molecule has 1 aromatic carbocycles. The van der Waals surface area contributed by atoms with Crippen LogP contribution in [0.4, 0.5) is 4.39 Å². The first-order chi connectivity index (χ1) is 7.79. The van der Waals surface area contributed by atoms with Gasteiger partial charge in [-0.3, -0.25) is 0 Å². The monoisotopic (exact) mass is 223 g/mol. The Balaban J connectivity index is 1.99. The van der Waals surface area contributed by atoms with Gasteiger partial charge in [0.25, 0.3) is 0 Å². The van der Waals surface area contributed by atoms with Crippen molar-refractivity contribution >= 4 is 0 Å². The van der Waals surface area contributed by atoms with Gasteiger partial charge in [0.15, 0.2) is 0 Å². The van der Waals surface area contributed by atoms with Gasteiger partial charge in [-0.2, -0.15) is 0 Å². The molecule has 16 heavy (non-hydrogen) atoms. The molecule has 0 radical (unpaired) electrons. The Morgan fingerprint density at radius 3 is 2.81 bits per heavy atom. The molecule has 2 rings (SSSR count). The van der Waals surface area contributed by atoms with E-state index in [1.165, 1.54) is 17.7 Å². The van der Waals surface area contributed by atoms with E-state index in [1.54, 1.807) is 0 Å². The van der Waals surface area contributed by atoms with Gasteiger partial charge in [0.05, 0.1) is 6.61 Å². The van der Waals surface area contributed by atoms with Gasteiger partial charge in [0, 0.05) is 18.6 Å². The highest BCUT2D eigenvalue weighted by Gasteiger charge is 2.24. The average molecular weight is 223 g/mol. The quantitative estimate of drug-likeness (QED) is 0.846. The Hall–Kier alpha value is -0.930. The molecule has 1 aliphatic heterocycles. The molecule has 1 aliphatic rings. The van der Waals surface area contributed by atoms with Gasteiger partial charge >= 0.3 is 0 Å². The highest BCUT2D eigenvalue weighted by molar-refractivity contribution is 5.17. The third-order valence-electron chi connectivity index (χ3n) is 3.26. The Morgan fingerprint density at radius 2 is 2.12 bits per heavy atom. The van der Waals surface area contributed by atoms with Crippen molar-refractivity contribution in [1.82, 2.24) is 5.32 Å². The lowest BCUT2D eigenvalue weighted by atomic mass is 9.89. The van der Waals surface area contributed by atoms with Gasteiger partial charge in [0.1, 0.15) is 5.82 Å². The summed E-state index contributed by atoms with van der Waals surface area (Å²) >= 11 is 0. The smallest absolute Gasteiger partial charge is 0.123 e. The van der Waals surface area contributed by atoms with E-state index in [0.29, 0.717) is 12.0 Å². The van der Waals surface area contributed by atoms with E-state index in [9.17, 15) is 4.39 Å². The highest BCUT2D eigenvalue weighted by atomic mass is 19.1. The van der Waals surface area contributed by atoms with Crippen molar-refractivity contribution in [2.24, 2.45) is 5.92 Å². The molecule has 0 aliphatic carbocycles. The van der Waals surface area contributed by atoms with E-state index in [0.717, 1.165) is 26.1 Å². The summed E-state index contributed by atoms with van der Waals surface area (Å²) in [5, 5.41) is 3.33. The van der Waals surface area contributed by atoms with Crippen LogP contribution in [-0.2, 0) is 11.2 Å². The SMILES string of the molecule is CN[C@H]1CCOC[C@H]1Cc1ccc(F)cc1. The van der Waals surface area contributed by atoms with Crippen LogP contribution in [-0.4, -0.2) is 26.3 Å². The van der Waals surface area contributed by atoms with Crippen LogP contribution in [0.25, 0.3) is 0 Å². The molecule has 1 heterocycles. The van der Waals surface area contributed by atoms with Crippen LogP contribution >= 0.6 is 0 Å². The standard InChI is InChI=1S/C13H18FNO/c1-15-13-6-7-16-9-11(13)8-10-2-4-12(14)5-3-10/h2-5,11,13,15H,6-9H2,1H3/t11-,13+/m1/s1. The molecular weight excluding hydrogens is 205 g/mol. The van der Waals surface area contributed by atoms with E-state index in [4.69, 9.17) is 4.74 Å². The molecule has 88 valence electrons. The molecule has 1 N–H and O–H groups in total. The van der Waals surface area contributed by atoms with Crippen molar-refractivity contribution < 1.29 is 9.13 Å². The van der Waals surface area contributed by atoms with E-state index < -0.39 is 0 Å². The topological polar surface area (TPSA) is 21.3 Å². The summed E-state index contributed by atoms with van der Waals surface area (Å²) in [6.45, 7) is 1.63. The lowest BCUT2D eigenvalue weighted by molar-refractivity contribution is 0.0342. The third kappa shape index (κ3) is 2.80. The molecular formula is C13H18FNO. The largest absolute Gasteiger partial charge is 0.381 e. The van der Waals surface area contributed by atoms with E-state index in [2.05, 4.69) is 5.32 Å². The fourth-order valence-corrected chi connectivity index (χ4v) is 2.30. The first-order valence-electron chi connectivity index (χ1n) is 5.79. The predicted octanol–water partition coefficient (Wildman–Crippen LogP) is 1.99. The van der Waals surface area contributed by atoms with E-state index in [-0.39, 0.29) is 5.82 Å². The summed E-state index contributed by atoms with van der Waals surface area (Å²) in [4.78, 5) is 0. The molecule has 2 nitrogen and oxygen atoms in total. The number of halogens is 1. The maximum absolute atomic E-state index is 12.8. The van der Waals surface area contributed by atoms with Crippen molar-refractivity contribution in [1.29, 1.82) is 0 Å². The van der Waals surface area contributed by atoms with Crippen LogP contribution < -0.4 is 5.32 Å². The van der Waals surface area contributed by atoms with Crippen molar-refractivity contribution in [3.05, 3.63) is 35.6 Å². The van der Waals surface area contributed by atoms with Crippen LogP contribution in [0.3, 0.4) is 0 Å². The van der Waals surface area contributed by atoms with Crippen LogP contribution in [0, 0.1) is 11.7 Å². The summed E-state index contributed by atoms with van der Waals surface area (Å²) in [5.74, 6) is 0.318. The zero-order valence-electron chi connectivity index (χ0n) is 9.58. The summed E-state index contributed by atoms with van der Waals surface area (Å²) in [5.41, 5.74) is 1.18. The van der Waals surface area contributed by atoms with E-state index in [1.807, 2.05) is 19.2 Å². The first-order valence-corrected chi connectivity index (χ1v) is 5.79. The van der Waals surface area contributed by atoms with Crippen molar-refractivity contribution in [2.45, 2.75) is 18.9 Å². The van der Waals surface area contributed by atoms with Gasteiger partial charge < -0.3 is 10.1 Å². The van der Waals surface area contributed by atoms with Crippen LogP contribution in [0.2, 0.25) is 0 Å². The van der Waals surface area contributed by atoms with Crippen molar-refractivity contribution in [2.75, 3.05) is 20.3 Å². The predicted molar refractivity (Wildman–Crippen MR) is 61.9 cm³/mol. The summed E-state index contributed by atoms with van der Waals surface area (Å²) in [6, 6.07) is 7.27.